The molecule has 2 heterocycles. The number of pyridine rings is 1. The molecule has 0 radical (unpaired) electrons. The van der Waals surface area contributed by atoms with E-state index in [0.29, 0.717) is 25.4 Å². The molecule has 1 amide bonds. The van der Waals surface area contributed by atoms with Crippen LogP contribution in [-0.4, -0.2) is 40.7 Å². The summed E-state index contributed by atoms with van der Waals surface area (Å²) in [6.45, 7) is 5.25. The maximum absolute atomic E-state index is 12.6. The van der Waals surface area contributed by atoms with E-state index in [2.05, 4.69) is 4.98 Å². The molecule has 2 aromatic rings. The van der Waals surface area contributed by atoms with Crippen LogP contribution < -0.4 is 9.47 Å². The molecule has 0 saturated heterocycles. The molecule has 1 aliphatic rings. The van der Waals surface area contributed by atoms with Gasteiger partial charge in [0, 0.05) is 17.8 Å². The minimum atomic E-state index is -0.0986. The minimum absolute atomic E-state index is 0.0350. The lowest BCUT2D eigenvalue weighted by Gasteiger charge is -2.20. The summed E-state index contributed by atoms with van der Waals surface area (Å²) in [5.74, 6) is 1.31. The molecular formula is C20H24N2O4. The van der Waals surface area contributed by atoms with Crippen molar-refractivity contribution in [2.75, 3.05) is 19.8 Å². The van der Waals surface area contributed by atoms with Gasteiger partial charge in [-0.15, -0.1) is 0 Å². The van der Waals surface area contributed by atoms with E-state index in [1.54, 1.807) is 4.90 Å². The van der Waals surface area contributed by atoms with Gasteiger partial charge >= 0.3 is 0 Å². The zero-order valence-electron chi connectivity index (χ0n) is 15.2. The highest BCUT2D eigenvalue weighted by molar-refractivity contribution is 5.78. The normalized spacial score (nSPS) is 13.6. The molecule has 0 bridgehead atoms. The number of aromatic nitrogens is 1. The average molecular weight is 356 g/mol. The Bertz CT molecular complexity index is 791. The molecule has 138 valence electrons. The molecule has 0 aliphatic carbocycles. The van der Waals surface area contributed by atoms with E-state index in [1.165, 1.54) is 0 Å². The summed E-state index contributed by atoms with van der Waals surface area (Å²) in [7, 11) is 0. The van der Waals surface area contributed by atoms with Crippen molar-refractivity contribution in [1.82, 2.24) is 9.88 Å². The molecule has 3 rings (SSSR count). The zero-order valence-corrected chi connectivity index (χ0v) is 15.2. The van der Waals surface area contributed by atoms with Crippen LogP contribution in [0.25, 0.3) is 0 Å². The second kappa shape index (κ2) is 8.19. The van der Waals surface area contributed by atoms with Gasteiger partial charge in [-0.1, -0.05) is 13.0 Å². The molecule has 0 fully saturated rings. The summed E-state index contributed by atoms with van der Waals surface area (Å²) in [5, 5.41) is 9.32. The number of benzene rings is 1. The summed E-state index contributed by atoms with van der Waals surface area (Å²) < 4.78 is 11.5. The molecule has 0 spiro atoms. The standard InChI is InChI=1S/C20H24N2O4/c1-3-17-19(6-4-14(2)21-17)26-13-20(24)22-8-9-25-18-7-5-15(12-23)10-16(18)11-22/h4-7,10,23H,3,8-9,11-13H2,1-2H3. The predicted octanol–water partition coefficient (Wildman–Crippen LogP) is 2.24. The Kier molecular flexibility index (Phi) is 5.73. The van der Waals surface area contributed by atoms with E-state index in [-0.39, 0.29) is 19.1 Å². The van der Waals surface area contributed by atoms with Crippen LogP contribution in [-0.2, 0) is 24.4 Å². The fraction of sp³-hybridized carbons (Fsp3) is 0.400. The van der Waals surface area contributed by atoms with Gasteiger partial charge in [-0.05, 0) is 43.2 Å². The summed E-state index contributed by atoms with van der Waals surface area (Å²) in [6, 6.07) is 9.29. The third-order valence-corrected chi connectivity index (χ3v) is 4.40. The fourth-order valence-electron chi connectivity index (χ4n) is 2.97. The topological polar surface area (TPSA) is 71.9 Å². The smallest absolute Gasteiger partial charge is 0.260 e. The second-order valence-electron chi connectivity index (χ2n) is 6.30. The lowest BCUT2D eigenvalue weighted by molar-refractivity contribution is -0.134. The molecule has 1 N–H and O–H groups in total. The summed E-state index contributed by atoms with van der Waals surface area (Å²) in [4.78, 5) is 18.8. The van der Waals surface area contributed by atoms with Gasteiger partial charge in [-0.2, -0.15) is 0 Å². The van der Waals surface area contributed by atoms with Crippen molar-refractivity contribution in [2.24, 2.45) is 0 Å². The number of fused-ring (bicyclic) bond motifs is 1. The van der Waals surface area contributed by atoms with E-state index in [1.807, 2.05) is 44.2 Å². The van der Waals surface area contributed by atoms with Crippen molar-refractivity contribution >= 4 is 5.91 Å². The second-order valence-corrected chi connectivity index (χ2v) is 6.30. The Hall–Kier alpha value is -2.60. The van der Waals surface area contributed by atoms with E-state index >= 15 is 0 Å². The van der Waals surface area contributed by atoms with Crippen LogP contribution in [0.3, 0.4) is 0 Å². The lowest BCUT2D eigenvalue weighted by Crippen LogP contribution is -2.36. The Morgan fingerprint density at radius 2 is 2.19 bits per heavy atom. The Labute approximate surface area is 153 Å². The summed E-state index contributed by atoms with van der Waals surface area (Å²) in [5.41, 5.74) is 3.49. The summed E-state index contributed by atoms with van der Waals surface area (Å²) >= 11 is 0. The summed E-state index contributed by atoms with van der Waals surface area (Å²) in [6.07, 6.45) is 0.750. The van der Waals surface area contributed by atoms with Gasteiger partial charge in [0.2, 0.25) is 0 Å². The Balaban J connectivity index is 1.68. The first kappa shape index (κ1) is 18.2. The number of carbonyl (C=O) groups is 1. The zero-order chi connectivity index (χ0) is 18.5. The highest BCUT2D eigenvalue weighted by atomic mass is 16.5. The number of carbonyl (C=O) groups excluding carboxylic acids is 1. The van der Waals surface area contributed by atoms with Crippen molar-refractivity contribution in [3.63, 3.8) is 0 Å². The number of hydrogen-bond donors (Lipinski definition) is 1. The number of aliphatic hydroxyl groups excluding tert-OH is 1. The first-order valence-corrected chi connectivity index (χ1v) is 8.83. The van der Waals surface area contributed by atoms with Crippen molar-refractivity contribution in [3.05, 3.63) is 52.8 Å². The van der Waals surface area contributed by atoms with Gasteiger partial charge in [-0.25, -0.2) is 0 Å². The van der Waals surface area contributed by atoms with Gasteiger partial charge in [0.25, 0.3) is 5.91 Å². The highest BCUT2D eigenvalue weighted by Gasteiger charge is 2.21. The number of nitrogens with zero attached hydrogens (tertiary/aromatic N) is 2. The van der Waals surface area contributed by atoms with Crippen LogP contribution in [0.15, 0.2) is 30.3 Å². The largest absolute Gasteiger partial charge is 0.491 e. The number of aryl methyl sites for hydroxylation is 2. The quantitative estimate of drug-likeness (QED) is 0.890. The first-order valence-electron chi connectivity index (χ1n) is 8.83. The highest BCUT2D eigenvalue weighted by Crippen LogP contribution is 2.25. The third-order valence-electron chi connectivity index (χ3n) is 4.40. The molecule has 6 heteroatoms. The van der Waals surface area contributed by atoms with Crippen molar-refractivity contribution < 1.29 is 19.4 Å². The molecule has 0 unspecified atom stereocenters. The van der Waals surface area contributed by atoms with Gasteiger partial charge in [0.15, 0.2) is 6.61 Å². The van der Waals surface area contributed by atoms with Crippen LogP contribution in [0.2, 0.25) is 0 Å². The Morgan fingerprint density at radius 1 is 1.35 bits per heavy atom. The van der Waals surface area contributed by atoms with Gasteiger partial charge in [0.05, 0.1) is 18.8 Å². The van der Waals surface area contributed by atoms with Crippen molar-refractivity contribution in [2.45, 2.75) is 33.4 Å². The monoisotopic (exact) mass is 356 g/mol. The molecule has 6 nitrogen and oxygen atoms in total. The van der Waals surface area contributed by atoms with E-state index < -0.39 is 0 Å². The van der Waals surface area contributed by atoms with Gasteiger partial charge in [-0.3, -0.25) is 9.78 Å². The number of ether oxygens (including phenoxy) is 2. The molecule has 1 aliphatic heterocycles. The van der Waals surface area contributed by atoms with E-state index in [4.69, 9.17) is 9.47 Å². The van der Waals surface area contributed by atoms with E-state index in [0.717, 1.165) is 34.7 Å². The van der Waals surface area contributed by atoms with Crippen molar-refractivity contribution in [1.29, 1.82) is 0 Å². The van der Waals surface area contributed by atoms with Gasteiger partial charge < -0.3 is 19.5 Å². The van der Waals surface area contributed by atoms with Crippen LogP contribution >= 0.6 is 0 Å². The molecule has 26 heavy (non-hydrogen) atoms. The van der Waals surface area contributed by atoms with Crippen LogP contribution in [0.5, 0.6) is 11.5 Å². The number of aliphatic hydroxyl groups is 1. The first-order chi connectivity index (χ1) is 12.6. The average Bonchev–Trinajstić information content (AvgIpc) is 2.88. The third kappa shape index (κ3) is 4.14. The number of hydrogen-bond acceptors (Lipinski definition) is 5. The van der Waals surface area contributed by atoms with Crippen molar-refractivity contribution in [3.8, 4) is 11.5 Å². The van der Waals surface area contributed by atoms with Crippen LogP contribution in [0.1, 0.15) is 29.4 Å². The maximum atomic E-state index is 12.6. The molecule has 0 atom stereocenters. The van der Waals surface area contributed by atoms with Crippen LogP contribution in [0.4, 0.5) is 0 Å². The van der Waals surface area contributed by atoms with E-state index in [9.17, 15) is 9.90 Å². The molecular weight excluding hydrogens is 332 g/mol. The molecule has 0 saturated carbocycles. The van der Waals surface area contributed by atoms with Gasteiger partial charge in [0.1, 0.15) is 18.1 Å². The fourth-order valence-corrected chi connectivity index (χ4v) is 2.97. The number of rotatable bonds is 5. The predicted molar refractivity (Wildman–Crippen MR) is 97.1 cm³/mol. The van der Waals surface area contributed by atoms with Crippen LogP contribution in [0, 0.1) is 6.92 Å². The Morgan fingerprint density at radius 3 is 2.96 bits per heavy atom. The lowest BCUT2D eigenvalue weighted by atomic mass is 10.1. The maximum Gasteiger partial charge on any atom is 0.260 e. The SMILES string of the molecule is CCc1nc(C)ccc1OCC(=O)N1CCOc2ccc(CO)cc2C1. The number of amides is 1. The molecule has 1 aromatic carbocycles. The molecule has 1 aromatic heterocycles. The minimum Gasteiger partial charge on any atom is -0.491 e.